The summed E-state index contributed by atoms with van der Waals surface area (Å²) in [6.07, 6.45) is 1.24. The van der Waals surface area contributed by atoms with Crippen LogP contribution >= 0.6 is 0 Å². The van der Waals surface area contributed by atoms with Gasteiger partial charge in [0, 0.05) is 24.1 Å². The summed E-state index contributed by atoms with van der Waals surface area (Å²) in [6.45, 7) is 5.81. The topological polar surface area (TPSA) is 83.1 Å². The van der Waals surface area contributed by atoms with Crippen molar-refractivity contribution in [3.8, 4) is 17.2 Å². The second kappa shape index (κ2) is 8.50. The van der Waals surface area contributed by atoms with Gasteiger partial charge in [0.15, 0.2) is 17.3 Å². The zero-order chi connectivity index (χ0) is 20.2. The lowest BCUT2D eigenvalue weighted by atomic mass is 9.99. The molecule has 1 amide bonds. The molecule has 1 N–H and O–H groups in total. The number of carbonyl (C=O) groups excluding carboxylic acids is 2. The molecule has 0 saturated carbocycles. The Morgan fingerprint density at radius 3 is 2.37 bits per heavy atom. The highest BCUT2D eigenvalue weighted by atomic mass is 16.6. The van der Waals surface area contributed by atoms with Gasteiger partial charge in [-0.05, 0) is 45.6 Å². The number of fused-ring (bicyclic) bond motifs is 1. The monoisotopic (exact) mass is 379 g/mol. The van der Waals surface area contributed by atoms with Gasteiger partial charge in [-0.25, -0.2) is 4.79 Å². The number of ketones is 1. The zero-order valence-electron chi connectivity index (χ0n) is 16.9. The molecule has 150 valence electrons. The fraction of sp³-hybridized carbons (Fsp3) is 0.600. The molecule has 7 heteroatoms. The predicted octanol–water partition coefficient (Wildman–Crippen LogP) is 3.37. The van der Waals surface area contributed by atoms with E-state index in [9.17, 15) is 9.59 Å². The first-order valence-electron chi connectivity index (χ1n) is 9.02. The Kier molecular flexibility index (Phi) is 6.57. The number of hydrogen-bond acceptors (Lipinski definition) is 6. The molecule has 0 unspecified atom stereocenters. The lowest BCUT2D eigenvalue weighted by molar-refractivity contribution is 0.0515. The SMILES string of the molecule is COc1cc2c(c(OC)c1OC)CC[C@@H](CNC(=O)OC(C)(C)C)CC2=O. The van der Waals surface area contributed by atoms with Crippen molar-refractivity contribution in [3.63, 3.8) is 0 Å². The molecule has 1 atom stereocenters. The summed E-state index contributed by atoms with van der Waals surface area (Å²) >= 11 is 0. The van der Waals surface area contributed by atoms with Crippen molar-refractivity contribution < 1.29 is 28.5 Å². The average molecular weight is 379 g/mol. The minimum atomic E-state index is -0.555. The zero-order valence-corrected chi connectivity index (χ0v) is 16.9. The highest BCUT2D eigenvalue weighted by Crippen LogP contribution is 2.44. The van der Waals surface area contributed by atoms with E-state index in [2.05, 4.69) is 5.32 Å². The number of methoxy groups -OCH3 is 3. The highest BCUT2D eigenvalue weighted by molar-refractivity contribution is 5.99. The van der Waals surface area contributed by atoms with Crippen LogP contribution in [-0.4, -0.2) is 45.4 Å². The number of Topliss-reactive ketones (excluding diaryl/α,β-unsaturated/α-hetero) is 1. The lowest BCUT2D eigenvalue weighted by Crippen LogP contribution is -2.35. The number of rotatable bonds is 5. The van der Waals surface area contributed by atoms with Gasteiger partial charge in [-0.15, -0.1) is 0 Å². The van der Waals surface area contributed by atoms with Crippen molar-refractivity contribution >= 4 is 11.9 Å². The number of benzene rings is 1. The molecule has 0 spiro atoms. The summed E-state index contributed by atoms with van der Waals surface area (Å²) in [5.41, 5.74) is 0.851. The van der Waals surface area contributed by atoms with Crippen molar-refractivity contribution in [2.24, 2.45) is 5.92 Å². The highest BCUT2D eigenvalue weighted by Gasteiger charge is 2.29. The molecule has 1 aliphatic carbocycles. The van der Waals surface area contributed by atoms with Crippen LogP contribution in [0, 0.1) is 5.92 Å². The Bertz CT molecular complexity index is 707. The largest absolute Gasteiger partial charge is 0.493 e. The number of hydrogen-bond donors (Lipinski definition) is 1. The van der Waals surface area contributed by atoms with Crippen molar-refractivity contribution in [1.29, 1.82) is 0 Å². The molecule has 0 aliphatic heterocycles. The quantitative estimate of drug-likeness (QED) is 0.790. The standard InChI is InChI=1S/C20H29NO6/c1-20(2,3)27-19(23)21-11-12-7-8-13-14(15(22)9-12)10-16(24-4)18(26-6)17(13)25-5/h10,12H,7-9,11H2,1-6H3,(H,21,23)/t12-/m1/s1. The molecule has 0 bridgehead atoms. The third-order valence-corrected chi connectivity index (χ3v) is 4.44. The molecule has 2 rings (SSSR count). The average Bonchev–Trinajstić information content (AvgIpc) is 2.75. The van der Waals surface area contributed by atoms with Crippen LogP contribution in [0.4, 0.5) is 4.79 Å². The van der Waals surface area contributed by atoms with E-state index in [0.29, 0.717) is 42.2 Å². The summed E-state index contributed by atoms with van der Waals surface area (Å²) in [6, 6.07) is 1.71. The minimum absolute atomic E-state index is 0.00209. The van der Waals surface area contributed by atoms with Crippen molar-refractivity contribution in [2.45, 2.75) is 45.6 Å². The summed E-state index contributed by atoms with van der Waals surface area (Å²) in [5, 5.41) is 2.76. The van der Waals surface area contributed by atoms with E-state index in [1.54, 1.807) is 20.3 Å². The maximum Gasteiger partial charge on any atom is 0.407 e. The van der Waals surface area contributed by atoms with E-state index < -0.39 is 11.7 Å². The normalized spacial score (nSPS) is 16.8. The molecule has 0 saturated heterocycles. The second-order valence-corrected chi connectivity index (χ2v) is 7.59. The Morgan fingerprint density at radius 2 is 1.81 bits per heavy atom. The minimum Gasteiger partial charge on any atom is -0.493 e. The van der Waals surface area contributed by atoms with Gasteiger partial charge in [0.25, 0.3) is 0 Å². The van der Waals surface area contributed by atoms with Crippen LogP contribution in [0.1, 0.15) is 49.5 Å². The molecule has 0 heterocycles. The molecular formula is C20H29NO6. The van der Waals surface area contributed by atoms with Crippen LogP contribution in [0.5, 0.6) is 17.2 Å². The van der Waals surface area contributed by atoms with E-state index in [1.807, 2.05) is 20.8 Å². The van der Waals surface area contributed by atoms with Crippen LogP contribution in [0.25, 0.3) is 0 Å². The van der Waals surface area contributed by atoms with E-state index in [-0.39, 0.29) is 11.7 Å². The smallest absolute Gasteiger partial charge is 0.407 e. The van der Waals surface area contributed by atoms with E-state index >= 15 is 0 Å². The van der Waals surface area contributed by atoms with E-state index in [4.69, 9.17) is 18.9 Å². The molecular weight excluding hydrogens is 350 g/mol. The van der Waals surface area contributed by atoms with Crippen LogP contribution < -0.4 is 19.5 Å². The van der Waals surface area contributed by atoms with Gasteiger partial charge in [-0.1, -0.05) is 0 Å². The molecule has 1 aromatic rings. The van der Waals surface area contributed by atoms with Gasteiger partial charge in [-0.3, -0.25) is 4.79 Å². The Balaban J connectivity index is 2.18. The Hall–Kier alpha value is -2.44. The Labute approximate surface area is 160 Å². The maximum absolute atomic E-state index is 12.8. The van der Waals surface area contributed by atoms with Gasteiger partial charge in [0.05, 0.1) is 21.3 Å². The molecule has 7 nitrogen and oxygen atoms in total. The van der Waals surface area contributed by atoms with E-state index in [1.165, 1.54) is 7.11 Å². The summed E-state index contributed by atoms with van der Waals surface area (Å²) in [5.74, 6) is 1.49. The van der Waals surface area contributed by atoms with Crippen molar-refractivity contribution in [2.75, 3.05) is 27.9 Å². The third-order valence-electron chi connectivity index (χ3n) is 4.44. The molecule has 0 radical (unpaired) electrons. The Morgan fingerprint density at radius 1 is 1.15 bits per heavy atom. The van der Waals surface area contributed by atoms with Gasteiger partial charge >= 0.3 is 6.09 Å². The number of nitrogens with one attached hydrogen (secondary N) is 1. The number of carbonyl (C=O) groups is 2. The van der Waals surface area contributed by atoms with Gasteiger partial charge in [-0.2, -0.15) is 0 Å². The third kappa shape index (κ3) is 5.05. The van der Waals surface area contributed by atoms with Crippen LogP contribution in [0.2, 0.25) is 0 Å². The van der Waals surface area contributed by atoms with Crippen molar-refractivity contribution in [3.05, 3.63) is 17.2 Å². The predicted molar refractivity (Wildman–Crippen MR) is 101 cm³/mol. The summed E-state index contributed by atoms with van der Waals surface area (Å²) in [4.78, 5) is 24.7. The first-order valence-corrected chi connectivity index (χ1v) is 9.02. The fourth-order valence-electron chi connectivity index (χ4n) is 3.25. The lowest BCUT2D eigenvalue weighted by Gasteiger charge is -2.21. The number of ether oxygens (including phenoxy) is 4. The maximum atomic E-state index is 12.8. The van der Waals surface area contributed by atoms with Crippen LogP contribution in [0.15, 0.2) is 6.07 Å². The number of alkyl carbamates (subject to hydrolysis) is 1. The second-order valence-electron chi connectivity index (χ2n) is 7.59. The van der Waals surface area contributed by atoms with Crippen LogP contribution in [0.3, 0.4) is 0 Å². The van der Waals surface area contributed by atoms with Gasteiger partial charge < -0.3 is 24.3 Å². The van der Waals surface area contributed by atoms with Gasteiger partial charge in [0.1, 0.15) is 5.60 Å². The first-order chi connectivity index (χ1) is 12.7. The molecule has 0 aromatic heterocycles. The van der Waals surface area contributed by atoms with E-state index in [0.717, 1.165) is 12.0 Å². The van der Waals surface area contributed by atoms with Crippen LogP contribution in [-0.2, 0) is 11.2 Å². The first kappa shape index (κ1) is 20.9. The number of amides is 1. The fourth-order valence-corrected chi connectivity index (χ4v) is 3.25. The summed E-state index contributed by atoms with van der Waals surface area (Å²) < 4.78 is 21.6. The van der Waals surface area contributed by atoms with Crippen molar-refractivity contribution in [1.82, 2.24) is 5.32 Å². The molecule has 1 aromatic carbocycles. The molecule has 27 heavy (non-hydrogen) atoms. The molecule has 0 fully saturated rings. The van der Waals surface area contributed by atoms with Gasteiger partial charge in [0.2, 0.25) is 5.75 Å². The molecule has 1 aliphatic rings. The summed E-state index contributed by atoms with van der Waals surface area (Å²) in [7, 11) is 4.62.